The van der Waals surface area contributed by atoms with Gasteiger partial charge in [-0.3, -0.25) is 9.59 Å². The molecule has 0 aromatic heterocycles. The van der Waals surface area contributed by atoms with Crippen LogP contribution < -0.4 is 10.6 Å². The zero-order chi connectivity index (χ0) is 18.6. The SMILES string of the molecule is CCS(=O)(=O)c1ccc(O)c(NC(=O)c2cccc(NC(C)=O)c2)c1. The Balaban J connectivity index is 2.29. The zero-order valence-electron chi connectivity index (χ0n) is 13.7. The van der Waals surface area contributed by atoms with Crippen LogP contribution in [0.3, 0.4) is 0 Å². The van der Waals surface area contributed by atoms with Crippen molar-refractivity contribution in [3.8, 4) is 5.75 Å². The molecule has 0 saturated carbocycles. The fraction of sp³-hybridized carbons (Fsp3) is 0.176. The molecule has 132 valence electrons. The summed E-state index contributed by atoms with van der Waals surface area (Å²) >= 11 is 0. The molecular weight excluding hydrogens is 344 g/mol. The highest BCUT2D eigenvalue weighted by Gasteiger charge is 2.16. The van der Waals surface area contributed by atoms with Gasteiger partial charge >= 0.3 is 0 Å². The van der Waals surface area contributed by atoms with Crippen molar-refractivity contribution in [2.45, 2.75) is 18.7 Å². The fourth-order valence-electron chi connectivity index (χ4n) is 2.11. The van der Waals surface area contributed by atoms with Gasteiger partial charge in [0.25, 0.3) is 5.91 Å². The van der Waals surface area contributed by atoms with Crippen LogP contribution in [-0.4, -0.2) is 31.1 Å². The van der Waals surface area contributed by atoms with Crippen LogP contribution >= 0.6 is 0 Å². The number of hydrogen-bond acceptors (Lipinski definition) is 5. The van der Waals surface area contributed by atoms with E-state index >= 15 is 0 Å². The summed E-state index contributed by atoms with van der Waals surface area (Å²) in [5, 5.41) is 14.9. The Morgan fingerprint density at radius 3 is 2.44 bits per heavy atom. The van der Waals surface area contributed by atoms with E-state index in [1.165, 1.54) is 44.2 Å². The molecular formula is C17H18N2O5S. The Hall–Kier alpha value is -2.87. The molecule has 0 saturated heterocycles. The molecule has 2 amide bonds. The summed E-state index contributed by atoms with van der Waals surface area (Å²) in [5.41, 5.74) is 0.686. The highest BCUT2D eigenvalue weighted by atomic mass is 32.2. The van der Waals surface area contributed by atoms with Crippen molar-refractivity contribution in [2.24, 2.45) is 0 Å². The summed E-state index contributed by atoms with van der Waals surface area (Å²) in [5.74, 6) is -1.16. The molecule has 0 aliphatic heterocycles. The maximum Gasteiger partial charge on any atom is 0.255 e. The number of phenols is 1. The van der Waals surface area contributed by atoms with Crippen molar-refractivity contribution in [2.75, 3.05) is 16.4 Å². The standard InChI is InChI=1S/C17H18N2O5S/c1-3-25(23,24)14-7-8-16(21)15(10-14)19-17(22)12-5-4-6-13(9-12)18-11(2)20/h4-10,21H,3H2,1-2H3,(H,18,20)(H,19,22). The fourth-order valence-corrected chi connectivity index (χ4v) is 3.02. The maximum atomic E-state index is 12.4. The lowest BCUT2D eigenvalue weighted by Gasteiger charge is -2.10. The zero-order valence-corrected chi connectivity index (χ0v) is 14.6. The predicted octanol–water partition coefficient (Wildman–Crippen LogP) is 2.40. The van der Waals surface area contributed by atoms with E-state index in [0.717, 1.165) is 0 Å². The number of aromatic hydroxyl groups is 1. The molecule has 0 atom stereocenters. The quantitative estimate of drug-likeness (QED) is 0.707. The number of carbonyl (C=O) groups excluding carboxylic acids is 2. The van der Waals surface area contributed by atoms with Gasteiger partial charge in [-0.05, 0) is 36.4 Å². The smallest absolute Gasteiger partial charge is 0.255 e. The van der Waals surface area contributed by atoms with Gasteiger partial charge in [-0.1, -0.05) is 13.0 Å². The lowest BCUT2D eigenvalue weighted by molar-refractivity contribution is -0.114. The summed E-state index contributed by atoms with van der Waals surface area (Å²) in [6.07, 6.45) is 0. The molecule has 2 rings (SSSR count). The summed E-state index contributed by atoms with van der Waals surface area (Å²) in [7, 11) is -3.47. The van der Waals surface area contributed by atoms with E-state index in [-0.39, 0.29) is 33.6 Å². The summed E-state index contributed by atoms with van der Waals surface area (Å²) in [4.78, 5) is 23.4. The number of rotatable bonds is 5. The van der Waals surface area contributed by atoms with Gasteiger partial charge in [0, 0.05) is 18.2 Å². The van der Waals surface area contributed by atoms with Crippen LogP contribution in [0, 0.1) is 0 Å². The molecule has 25 heavy (non-hydrogen) atoms. The van der Waals surface area contributed by atoms with E-state index in [2.05, 4.69) is 10.6 Å². The highest BCUT2D eigenvalue weighted by molar-refractivity contribution is 7.91. The molecule has 0 unspecified atom stereocenters. The first-order chi connectivity index (χ1) is 11.7. The van der Waals surface area contributed by atoms with E-state index in [1.54, 1.807) is 12.1 Å². The van der Waals surface area contributed by atoms with Crippen LogP contribution in [0.5, 0.6) is 5.75 Å². The second-order valence-electron chi connectivity index (χ2n) is 5.30. The minimum atomic E-state index is -3.47. The van der Waals surface area contributed by atoms with Crippen molar-refractivity contribution in [1.82, 2.24) is 0 Å². The first kappa shape index (κ1) is 18.5. The third kappa shape index (κ3) is 4.57. The van der Waals surface area contributed by atoms with Gasteiger partial charge in [-0.2, -0.15) is 0 Å². The van der Waals surface area contributed by atoms with Crippen molar-refractivity contribution in [3.05, 3.63) is 48.0 Å². The number of nitrogens with one attached hydrogen (secondary N) is 2. The van der Waals surface area contributed by atoms with Gasteiger partial charge in [-0.15, -0.1) is 0 Å². The largest absolute Gasteiger partial charge is 0.506 e. The van der Waals surface area contributed by atoms with E-state index in [4.69, 9.17) is 0 Å². The summed E-state index contributed by atoms with van der Waals surface area (Å²) in [6.45, 7) is 2.86. The van der Waals surface area contributed by atoms with Crippen LogP contribution in [-0.2, 0) is 14.6 Å². The molecule has 2 aromatic rings. The Morgan fingerprint density at radius 2 is 1.80 bits per heavy atom. The minimum absolute atomic E-state index is 0.00935. The Kier molecular flexibility index (Phi) is 5.43. The molecule has 0 aliphatic rings. The first-order valence-electron chi connectivity index (χ1n) is 7.47. The number of hydrogen-bond donors (Lipinski definition) is 3. The molecule has 7 nitrogen and oxygen atoms in total. The lowest BCUT2D eigenvalue weighted by Crippen LogP contribution is -2.14. The highest BCUT2D eigenvalue weighted by Crippen LogP contribution is 2.27. The molecule has 0 bridgehead atoms. The van der Waals surface area contributed by atoms with Gasteiger partial charge in [-0.25, -0.2) is 8.42 Å². The van der Waals surface area contributed by atoms with Gasteiger partial charge in [0.15, 0.2) is 9.84 Å². The first-order valence-corrected chi connectivity index (χ1v) is 9.13. The van der Waals surface area contributed by atoms with E-state index < -0.39 is 15.7 Å². The van der Waals surface area contributed by atoms with E-state index in [0.29, 0.717) is 5.69 Å². The second kappa shape index (κ2) is 7.35. The molecule has 2 aromatic carbocycles. The second-order valence-corrected chi connectivity index (χ2v) is 7.58. The number of amides is 2. The van der Waals surface area contributed by atoms with Crippen molar-refractivity contribution in [1.29, 1.82) is 0 Å². The van der Waals surface area contributed by atoms with Crippen LogP contribution in [0.4, 0.5) is 11.4 Å². The molecule has 0 aliphatic carbocycles. The molecule has 0 heterocycles. The van der Waals surface area contributed by atoms with E-state index in [1.807, 2.05) is 0 Å². The molecule has 0 fully saturated rings. The van der Waals surface area contributed by atoms with Crippen LogP contribution in [0.15, 0.2) is 47.4 Å². The van der Waals surface area contributed by atoms with Gasteiger partial charge in [0.2, 0.25) is 5.91 Å². The van der Waals surface area contributed by atoms with Crippen LogP contribution in [0.25, 0.3) is 0 Å². The third-order valence-corrected chi connectivity index (χ3v) is 5.13. The number of carbonyl (C=O) groups is 2. The van der Waals surface area contributed by atoms with Gasteiger partial charge < -0.3 is 15.7 Å². The van der Waals surface area contributed by atoms with Gasteiger partial charge in [0.05, 0.1) is 16.3 Å². The van der Waals surface area contributed by atoms with Gasteiger partial charge in [0.1, 0.15) is 5.75 Å². The predicted molar refractivity (Wildman–Crippen MR) is 94.5 cm³/mol. The number of phenolic OH excluding ortho intramolecular Hbond substituents is 1. The Morgan fingerprint density at radius 1 is 1.08 bits per heavy atom. The van der Waals surface area contributed by atoms with Crippen LogP contribution in [0.2, 0.25) is 0 Å². The molecule has 8 heteroatoms. The maximum absolute atomic E-state index is 12.4. The number of sulfone groups is 1. The van der Waals surface area contributed by atoms with Crippen LogP contribution in [0.1, 0.15) is 24.2 Å². The molecule has 0 spiro atoms. The van der Waals surface area contributed by atoms with Crippen molar-refractivity contribution < 1.29 is 23.1 Å². The Bertz CT molecular complexity index is 922. The van der Waals surface area contributed by atoms with E-state index in [9.17, 15) is 23.1 Å². The summed E-state index contributed by atoms with van der Waals surface area (Å²) < 4.78 is 23.9. The van der Waals surface area contributed by atoms with Crippen molar-refractivity contribution >= 4 is 33.0 Å². The number of anilines is 2. The monoisotopic (exact) mass is 362 g/mol. The minimum Gasteiger partial charge on any atom is -0.506 e. The summed E-state index contributed by atoms with van der Waals surface area (Å²) in [6, 6.07) is 9.93. The normalized spacial score (nSPS) is 11.0. The molecule has 3 N–H and O–H groups in total. The Labute approximate surface area is 145 Å². The average Bonchev–Trinajstić information content (AvgIpc) is 2.56. The topological polar surface area (TPSA) is 113 Å². The lowest BCUT2D eigenvalue weighted by atomic mass is 10.1. The number of benzene rings is 2. The average molecular weight is 362 g/mol. The molecule has 0 radical (unpaired) electrons. The van der Waals surface area contributed by atoms with Crippen molar-refractivity contribution in [3.63, 3.8) is 0 Å². The third-order valence-electron chi connectivity index (χ3n) is 3.40.